The Morgan fingerprint density at radius 2 is 1.65 bits per heavy atom. The van der Waals surface area contributed by atoms with E-state index in [-0.39, 0.29) is 18.1 Å². The fraction of sp³-hybridized carbons (Fsp3) is 0.351. The van der Waals surface area contributed by atoms with Crippen molar-refractivity contribution in [2.75, 3.05) is 6.54 Å². The zero-order chi connectivity index (χ0) is 30.7. The second-order valence-electron chi connectivity index (χ2n) is 12.5. The minimum atomic E-state index is -0.901. The summed E-state index contributed by atoms with van der Waals surface area (Å²) in [6.07, 6.45) is 1.81. The van der Waals surface area contributed by atoms with Crippen LogP contribution in [0.25, 0.3) is 10.8 Å². The predicted octanol–water partition coefficient (Wildman–Crippen LogP) is 8.66. The molecule has 4 aromatic rings. The normalized spacial score (nSPS) is 16.3. The van der Waals surface area contributed by atoms with Crippen LogP contribution in [-0.2, 0) is 11.3 Å². The van der Waals surface area contributed by atoms with Gasteiger partial charge in [0.2, 0.25) is 0 Å². The van der Waals surface area contributed by atoms with E-state index < -0.39 is 11.6 Å². The molecule has 4 aromatic carbocycles. The number of carboxylic acids is 1. The number of para-hydroxylation sites is 1. The van der Waals surface area contributed by atoms with Crippen LogP contribution in [0, 0.1) is 13.8 Å². The van der Waals surface area contributed by atoms with Crippen molar-refractivity contribution < 1.29 is 24.2 Å². The van der Waals surface area contributed by atoms with Crippen molar-refractivity contribution in [3.05, 3.63) is 112 Å². The molecule has 224 valence electrons. The Morgan fingerprint density at radius 1 is 0.930 bits per heavy atom. The number of hydrogen-bond acceptors (Lipinski definition) is 4. The molecule has 1 aliphatic rings. The molecule has 0 spiro atoms. The van der Waals surface area contributed by atoms with Crippen LogP contribution in [0.3, 0.4) is 0 Å². The van der Waals surface area contributed by atoms with Crippen LogP contribution < -0.4 is 4.74 Å². The Morgan fingerprint density at radius 3 is 2.42 bits per heavy atom. The maximum atomic E-state index is 13.4. The summed E-state index contributed by atoms with van der Waals surface area (Å²) in [4.78, 5) is 27.2. The number of aromatic carboxylic acids is 1. The van der Waals surface area contributed by atoms with Gasteiger partial charge in [-0.15, -0.1) is 0 Å². The lowest BCUT2D eigenvalue weighted by Crippen LogP contribution is -2.37. The number of aryl methyl sites for hydroxylation is 1. The summed E-state index contributed by atoms with van der Waals surface area (Å²) in [6, 6.07) is 26.4. The van der Waals surface area contributed by atoms with E-state index in [4.69, 9.17) is 9.47 Å². The summed E-state index contributed by atoms with van der Waals surface area (Å²) in [6.45, 7) is 10.4. The van der Waals surface area contributed by atoms with Crippen molar-refractivity contribution in [1.29, 1.82) is 0 Å². The second-order valence-corrected chi connectivity index (χ2v) is 12.5. The molecule has 1 aliphatic heterocycles. The molecular weight excluding hydrogens is 538 g/mol. The van der Waals surface area contributed by atoms with E-state index in [0.29, 0.717) is 18.7 Å². The molecule has 0 aliphatic carbocycles. The van der Waals surface area contributed by atoms with Crippen molar-refractivity contribution in [3.63, 3.8) is 0 Å². The van der Waals surface area contributed by atoms with Crippen molar-refractivity contribution in [2.45, 2.75) is 78.0 Å². The van der Waals surface area contributed by atoms with E-state index in [0.717, 1.165) is 63.6 Å². The molecule has 0 radical (unpaired) electrons. The highest BCUT2D eigenvalue weighted by atomic mass is 16.6. The van der Waals surface area contributed by atoms with Gasteiger partial charge in [0.25, 0.3) is 0 Å². The van der Waals surface area contributed by atoms with Crippen molar-refractivity contribution in [3.8, 4) is 5.75 Å². The summed E-state index contributed by atoms with van der Waals surface area (Å²) in [5.74, 6) is -0.0474. The number of hydrogen-bond donors (Lipinski definition) is 1. The molecule has 2 atom stereocenters. The lowest BCUT2D eigenvalue weighted by molar-refractivity contribution is 0.0223. The van der Waals surface area contributed by atoms with Gasteiger partial charge in [-0.1, -0.05) is 72.8 Å². The first-order valence-corrected chi connectivity index (χ1v) is 15.1. The highest BCUT2D eigenvalue weighted by Crippen LogP contribution is 2.43. The number of rotatable bonds is 8. The van der Waals surface area contributed by atoms with Gasteiger partial charge in [-0.05, 0) is 93.0 Å². The van der Waals surface area contributed by atoms with Gasteiger partial charge in [0, 0.05) is 24.6 Å². The van der Waals surface area contributed by atoms with Gasteiger partial charge in [0.1, 0.15) is 11.4 Å². The standard InChI is InChI=1S/C37H41NO5/c1-24-19-20-29(25(2)34(24)35(39)40)32-22-28(42-33-18-9-8-17-31(32)33)15-11-21-38(36(41)43-37(3,4)5)23-27-14-10-13-26-12-6-7-16-30(26)27/h6-10,12-14,16-20,28,32H,11,15,21-23H2,1-5H3,(H,39,40). The monoisotopic (exact) mass is 579 g/mol. The van der Waals surface area contributed by atoms with E-state index in [1.165, 1.54) is 0 Å². The Hall–Kier alpha value is -4.32. The topological polar surface area (TPSA) is 76.1 Å². The number of nitrogens with zero attached hydrogens (tertiary/aromatic N) is 1. The van der Waals surface area contributed by atoms with Gasteiger partial charge >= 0.3 is 12.1 Å². The molecule has 1 heterocycles. The first kappa shape index (κ1) is 30.1. The summed E-state index contributed by atoms with van der Waals surface area (Å²) < 4.78 is 12.3. The molecule has 0 fully saturated rings. The van der Waals surface area contributed by atoms with Crippen LogP contribution in [0.5, 0.6) is 5.75 Å². The van der Waals surface area contributed by atoms with Crippen LogP contribution >= 0.6 is 0 Å². The highest BCUT2D eigenvalue weighted by Gasteiger charge is 2.32. The third-order valence-electron chi connectivity index (χ3n) is 8.24. The van der Waals surface area contributed by atoms with Crippen molar-refractivity contribution >= 4 is 22.8 Å². The van der Waals surface area contributed by atoms with Crippen LogP contribution in [0.15, 0.2) is 78.9 Å². The summed E-state index contributed by atoms with van der Waals surface area (Å²) in [7, 11) is 0. The number of fused-ring (bicyclic) bond motifs is 2. The Bertz CT molecular complexity index is 1630. The molecule has 0 bridgehead atoms. The minimum absolute atomic E-state index is 0.0197. The van der Waals surface area contributed by atoms with Crippen molar-refractivity contribution in [2.24, 2.45) is 0 Å². The van der Waals surface area contributed by atoms with E-state index in [9.17, 15) is 14.7 Å². The van der Waals surface area contributed by atoms with E-state index in [1.807, 2.05) is 77.1 Å². The second kappa shape index (κ2) is 12.5. The summed E-state index contributed by atoms with van der Waals surface area (Å²) >= 11 is 0. The first-order valence-electron chi connectivity index (χ1n) is 15.1. The molecule has 0 saturated heterocycles. The van der Waals surface area contributed by atoms with E-state index in [1.54, 1.807) is 4.90 Å². The van der Waals surface area contributed by atoms with E-state index in [2.05, 4.69) is 36.4 Å². The Labute approximate surface area is 254 Å². The fourth-order valence-corrected chi connectivity index (χ4v) is 6.24. The smallest absolute Gasteiger partial charge is 0.410 e. The minimum Gasteiger partial charge on any atom is -0.490 e. The molecule has 5 rings (SSSR count). The van der Waals surface area contributed by atoms with Crippen LogP contribution in [-0.4, -0.2) is 40.3 Å². The molecule has 6 nitrogen and oxygen atoms in total. The van der Waals surface area contributed by atoms with Gasteiger partial charge in [-0.25, -0.2) is 9.59 Å². The number of amides is 1. The molecule has 0 aromatic heterocycles. The van der Waals surface area contributed by atoms with E-state index >= 15 is 0 Å². The third kappa shape index (κ3) is 6.85. The van der Waals surface area contributed by atoms with Crippen LogP contribution in [0.4, 0.5) is 4.79 Å². The SMILES string of the molecule is Cc1ccc(C2CC(CCCN(Cc3cccc4ccccc34)C(=O)OC(C)(C)C)Oc3ccccc32)c(C)c1C(=O)O. The van der Waals surface area contributed by atoms with Gasteiger partial charge < -0.3 is 19.5 Å². The molecule has 0 saturated carbocycles. The Kier molecular flexibility index (Phi) is 8.77. The third-order valence-corrected chi connectivity index (χ3v) is 8.24. The van der Waals surface area contributed by atoms with Gasteiger partial charge in [-0.3, -0.25) is 0 Å². The largest absolute Gasteiger partial charge is 0.490 e. The predicted molar refractivity (Wildman–Crippen MR) is 170 cm³/mol. The molecule has 1 amide bonds. The highest BCUT2D eigenvalue weighted by molar-refractivity contribution is 5.91. The molecular formula is C37H41NO5. The average Bonchev–Trinajstić information content (AvgIpc) is 2.95. The van der Waals surface area contributed by atoms with Gasteiger partial charge in [0.15, 0.2) is 0 Å². The lowest BCUT2D eigenvalue weighted by Gasteiger charge is -2.34. The number of benzene rings is 4. The summed E-state index contributed by atoms with van der Waals surface area (Å²) in [5.41, 5.74) is 4.52. The zero-order valence-electron chi connectivity index (χ0n) is 25.7. The molecule has 43 heavy (non-hydrogen) atoms. The maximum Gasteiger partial charge on any atom is 0.410 e. The number of carbonyl (C=O) groups is 2. The number of ether oxygens (including phenoxy) is 2. The molecule has 6 heteroatoms. The lowest BCUT2D eigenvalue weighted by atomic mass is 9.80. The van der Waals surface area contributed by atoms with Crippen LogP contribution in [0.2, 0.25) is 0 Å². The fourth-order valence-electron chi connectivity index (χ4n) is 6.24. The quantitative estimate of drug-likeness (QED) is 0.226. The van der Waals surface area contributed by atoms with Gasteiger partial charge in [-0.2, -0.15) is 0 Å². The molecule has 2 unspecified atom stereocenters. The molecule has 1 N–H and O–H groups in total. The summed E-state index contributed by atoms with van der Waals surface area (Å²) in [5, 5.41) is 12.2. The zero-order valence-corrected chi connectivity index (χ0v) is 25.7. The first-order chi connectivity index (χ1) is 20.5. The van der Waals surface area contributed by atoms with Crippen LogP contribution in [0.1, 0.15) is 84.1 Å². The Balaban J connectivity index is 1.36. The number of carbonyl (C=O) groups excluding carboxylic acids is 1. The number of carboxylic acid groups (broad SMARTS) is 1. The average molecular weight is 580 g/mol. The van der Waals surface area contributed by atoms with Crippen molar-refractivity contribution in [1.82, 2.24) is 4.90 Å². The maximum absolute atomic E-state index is 13.4. The van der Waals surface area contributed by atoms with Gasteiger partial charge in [0.05, 0.1) is 11.7 Å².